The highest BCUT2D eigenvalue weighted by Crippen LogP contribution is 2.50. The first-order chi connectivity index (χ1) is 24.7. The smallest absolute Gasteiger partial charge is 0.259 e. The lowest BCUT2D eigenvalue weighted by atomic mass is 9.80. The topological polar surface area (TPSA) is 91.6 Å². The van der Waals surface area contributed by atoms with Gasteiger partial charge in [0.25, 0.3) is 8.53 Å². The first-order valence-corrected chi connectivity index (χ1v) is 22.2. The maximum absolute atomic E-state index is 9.35. The molecular formula is C41H59N2O7PSi. The number of methoxy groups -OCH3 is 2. The second kappa shape index (κ2) is 18.5. The van der Waals surface area contributed by atoms with Gasteiger partial charge in [-0.05, 0) is 86.8 Å². The molecule has 0 amide bonds. The van der Waals surface area contributed by atoms with E-state index in [1.54, 1.807) is 14.2 Å². The summed E-state index contributed by atoms with van der Waals surface area (Å²) >= 11 is 0. The number of nitriles is 1. The van der Waals surface area contributed by atoms with Gasteiger partial charge in [0, 0.05) is 12.1 Å². The molecule has 0 aliphatic carbocycles. The Balaban J connectivity index is 1.81. The largest absolute Gasteiger partial charge is 0.497 e. The Bertz CT molecular complexity index is 1500. The summed E-state index contributed by atoms with van der Waals surface area (Å²) < 4.78 is 47.8. The molecule has 4 atom stereocenters. The van der Waals surface area contributed by atoms with Crippen LogP contribution in [0, 0.1) is 11.3 Å². The number of nitrogens with zero attached hydrogens (tertiary/aromatic N) is 2. The maximum Gasteiger partial charge on any atom is 0.259 e. The fourth-order valence-electron chi connectivity index (χ4n) is 6.26. The van der Waals surface area contributed by atoms with Gasteiger partial charge in [-0.15, -0.1) is 0 Å². The number of ether oxygens (including phenoxy) is 4. The van der Waals surface area contributed by atoms with Gasteiger partial charge in [-0.25, -0.2) is 4.67 Å². The van der Waals surface area contributed by atoms with Gasteiger partial charge in [-0.1, -0.05) is 75.4 Å². The van der Waals surface area contributed by atoms with Crippen molar-refractivity contribution in [2.24, 2.45) is 0 Å². The molecule has 284 valence electrons. The molecule has 0 spiro atoms. The Morgan fingerprint density at radius 3 is 1.83 bits per heavy atom. The molecule has 0 radical (unpaired) electrons. The average Bonchev–Trinajstić information content (AvgIpc) is 3.48. The third-order valence-electron chi connectivity index (χ3n) is 9.97. The van der Waals surface area contributed by atoms with Crippen LogP contribution in [0.15, 0.2) is 78.9 Å². The van der Waals surface area contributed by atoms with E-state index in [9.17, 15) is 5.26 Å². The van der Waals surface area contributed by atoms with Crippen LogP contribution in [0.2, 0.25) is 18.1 Å². The SMILES string of the molecule is COc1ccc(C(OCC2OCC(O[Si](C)(C)C(C)(C)C)C2OP(OCCC#N)N(C(C)C)C(C)C)(c2ccccc2)c2ccc(OC)cc2)cc1. The van der Waals surface area contributed by atoms with Crippen LogP contribution >= 0.6 is 8.53 Å². The zero-order chi connectivity index (χ0) is 38.1. The van der Waals surface area contributed by atoms with Gasteiger partial charge >= 0.3 is 0 Å². The Morgan fingerprint density at radius 2 is 1.37 bits per heavy atom. The molecule has 1 saturated heterocycles. The third kappa shape index (κ3) is 9.82. The average molecular weight is 751 g/mol. The molecule has 11 heteroatoms. The van der Waals surface area contributed by atoms with Crippen LogP contribution < -0.4 is 9.47 Å². The minimum atomic E-state index is -2.24. The zero-order valence-electron chi connectivity index (χ0n) is 32.9. The summed E-state index contributed by atoms with van der Waals surface area (Å²) in [6, 6.07) is 28.8. The normalized spacial score (nSPS) is 18.9. The van der Waals surface area contributed by atoms with Crippen molar-refractivity contribution in [3.05, 3.63) is 95.6 Å². The molecule has 1 fully saturated rings. The molecule has 1 aliphatic heterocycles. The summed E-state index contributed by atoms with van der Waals surface area (Å²) in [4.78, 5) is 0. The molecule has 0 saturated carbocycles. The summed E-state index contributed by atoms with van der Waals surface area (Å²) in [7, 11) is -0.492. The lowest BCUT2D eigenvalue weighted by molar-refractivity contribution is -0.0692. The van der Waals surface area contributed by atoms with Crippen LogP contribution in [0.4, 0.5) is 0 Å². The summed E-state index contributed by atoms with van der Waals surface area (Å²) in [6.45, 7) is 20.6. The van der Waals surface area contributed by atoms with Gasteiger partial charge in [0.15, 0.2) is 8.32 Å². The molecule has 0 bridgehead atoms. The minimum absolute atomic E-state index is 0.0206. The summed E-state index contributed by atoms with van der Waals surface area (Å²) in [5, 5.41) is 9.33. The van der Waals surface area contributed by atoms with E-state index in [-0.39, 0.29) is 42.9 Å². The molecular weight excluding hydrogens is 692 g/mol. The lowest BCUT2D eigenvalue weighted by Gasteiger charge is -2.42. The van der Waals surface area contributed by atoms with Gasteiger partial charge < -0.3 is 32.4 Å². The van der Waals surface area contributed by atoms with Gasteiger partial charge in [0.05, 0.1) is 52.6 Å². The first kappa shape index (κ1) is 41.9. The predicted octanol–water partition coefficient (Wildman–Crippen LogP) is 9.46. The van der Waals surface area contributed by atoms with E-state index in [2.05, 4.69) is 84.4 Å². The van der Waals surface area contributed by atoms with Crippen LogP contribution in [0.1, 0.15) is 71.6 Å². The van der Waals surface area contributed by atoms with Crippen molar-refractivity contribution in [2.75, 3.05) is 34.0 Å². The summed E-state index contributed by atoms with van der Waals surface area (Å²) in [6.07, 6.45) is -1.05. The molecule has 4 unspecified atom stereocenters. The zero-order valence-corrected chi connectivity index (χ0v) is 34.8. The highest BCUT2D eigenvalue weighted by molar-refractivity contribution is 7.44. The van der Waals surface area contributed by atoms with E-state index in [1.165, 1.54) is 0 Å². The number of benzene rings is 3. The highest BCUT2D eigenvalue weighted by Gasteiger charge is 2.49. The van der Waals surface area contributed by atoms with E-state index < -0.39 is 34.7 Å². The maximum atomic E-state index is 9.35. The standard InChI is InChI=1S/C41H59N2O7PSi/c1-30(2)43(31(3)4)51(48-27-15-26-42)49-39-37(46-28-38(39)50-52(10,11)40(5,6)7)29-47-41(32-16-13-12-14-17-32,33-18-22-35(44-8)23-19-33)34-20-24-36(45-9)25-21-34/h12-14,16-25,30-31,37-39H,15,27-29H2,1-11H3. The van der Waals surface area contributed by atoms with Gasteiger partial charge in [0.2, 0.25) is 0 Å². The van der Waals surface area contributed by atoms with E-state index in [4.69, 9.17) is 32.4 Å². The Labute approximate surface area is 314 Å². The number of rotatable bonds is 18. The molecule has 4 rings (SSSR count). The van der Waals surface area contributed by atoms with Crippen molar-refractivity contribution in [3.8, 4) is 17.6 Å². The van der Waals surface area contributed by atoms with Crippen LogP contribution in [-0.4, -0.2) is 77.4 Å². The molecule has 0 aromatic heterocycles. The number of hydrogen-bond acceptors (Lipinski definition) is 9. The fourth-order valence-corrected chi connectivity index (χ4v) is 9.36. The molecule has 52 heavy (non-hydrogen) atoms. The van der Waals surface area contributed by atoms with Crippen LogP contribution in [-0.2, 0) is 28.5 Å². The first-order valence-electron chi connectivity index (χ1n) is 18.2. The third-order valence-corrected chi connectivity index (χ3v) is 16.6. The van der Waals surface area contributed by atoms with Crippen molar-refractivity contribution in [2.45, 2.75) is 109 Å². The van der Waals surface area contributed by atoms with Crippen LogP contribution in [0.5, 0.6) is 11.5 Å². The summed E-state index contributed by atoms with van der Waals surface area (Å²) in [5.74, 6) is 1.51. The molecule has 1 heterocycles. The molecule has 3 aromatic rings. The van der Waals surface area contributed by atoms with Gasteiger partial charge in [0.1, 0.15) is 29.3 Å². The molecule has 9 nitrogen and oxygen atoms in total. The highest BCUT2D eigenvalue weighted by atomic mass is 31.2. The van der Waals surface area contributed by atoms with Gasteiger partial charge in [-0.3, -0.25) is 0 Å². The van der Waals surface area contributed by atoms with Crippen molar-refractivity contribution in [1.29, 1.82) is 5.26 Å². The number of hydrogen-bond donors (Lipinski definition) is 0. The Kier molecular flexibility index (Phi) is 14.9. The quantitative estimate of drug-likeness (QED) is 0.0546. The second-order valence-corrected chi connectivity index (χ2v) is 21.4. The lowest BCUT2D eigenvalue weighted by Crippen LogP contribution is -2.49. The van der Waals surface area contributed by atoms with E-state index in [0.717, 1.165) is 28.2 Å². The van der Waals surface area contributed by atoms with Crippen LogP contribution in [0.25, 0.3) is 0 Å². The van der Waals surface area contributed by atoms with Gasteiger partial charge in [-0.2, -0.15) is 5.26 Å². The van der Waals surface area contributed by atoms with E-state index >= 15 is 0 Å². The Hall–Kier alpha value is -2.84. The van der Waals surface area contributed by atoms with E-state index in [0.29, 0.717) is 6.61 Å². The predicted molar refractivity (Wildman–Crippen MR) is 210 cm³/mol. The Morgan fingerprint density at radius 1 is 0.846 bits per heavy atom. The molecule has 0 N–H and O–H groups in total. The van der Waals surface area contributed by atoms with Crippen molar-refractivity contribution < 1.29 is 32.4 Å². The second-order valence-electron chi connectivity index (χ2n) is 15.2. The van der Waals surface area contributed by atoms with Crippen LogP contribution in [0.3, 0.4) is 0 Å². The molecule has 1 aliphatic rings. The minimum Gasteiger partial charge on any atom is -0.497 e. The van der Waals surface area contributed by atoms with Crippen molar-refractivity contribution >= 4 is 16.8 Å². The van der Waals surface area contributed by atoms with E-state index in [1.807, 2.05) is 66.7 Å². The fraction of sp³-hybridized carbons (Fsp3) is 0.537. The van der Waals surface area contributed by atoms with Crippen molar-refractivity contribution in [1.82, 2.24) is 4.67 Å². The monoisotopic (exact) mass is 750 g/mol. The summed E-state index contributed by atoms with van der Waals surface area (Å²) in [5.41, 5.74) is 1.80. The van der Waals surface area contributed by atoms with Crippen molar-refractivity contribution in [3.63, 3.8) is 0 Å². The molecule has 3 aromatic carbocycles.